The number of aliphatic carboxylic acids is 1. The van der Waals surface area contributed by atoms with Crippen LogP contribution in [0.2, 0.25) is 0 Å². The largest absolute Gasteiger partial charge is 0.481 e. The SMILES string of the molecule is CCCCN(CCCN)C(=O)CN1C[C@H](c2ccc3c(c2)OCO3)[C@@H](C(=O)O)[C@@H]1CCN1C(=O)CCN(C)C1=O. The van der Waals surface area contributed by atoms with E-state index in [1.54, 1.807) is 13.1 Å². The summed E-state index contributed by atoms with van der Waals surface area (Å²) in [6.45, 7) is 4.64. The van der Waals surface area contributed by atoms with Gasteiger partial charge in [0, 0.05) is 58.2 Å². The molecule has 0 spiro atoms. The molecule has 3 heterocycles. The Kier molecular flexibility index (Phi) is 9.85. The van der Waals surface area contributed by atoms with Gasteiger partial charge in [-0.1, -0.05) is 19.4 Å². The molecule has 220 valence electrons. The van der Waals surface area contributed by atoms with Gasteiger partial charge in [0.2, 0.25) is 18.6 Å². The second-order valence-electron chi connectivity index (χ2n) is 10.7. The summed E-state index contributed by atoms with van der Waals surface area (Å²) in [7, 11) is 1.64. The number of hydrogen-bond donors (Lipinski definition) is 2. The second-order valence-corrected chi connectivity index (χ2v) is 10.7. The van der Waals surface area contributed by atoms with Crippen LogP contribution >= 0.6 is 0 Å². The number of benzene rings is 1. The Hall–Kier alpha value is -3.38. The number of amides is 4. The summed E-state index contributed by atoms with van der Waals surface area (Å²) in [4.78, 5) is 58.0. The molecule has 4 rings (SSSR count). The van der Waals surface area contributed by atoms with E-state index in [1.807, 2.05) is 21.9 Å². The van der Waals surface area contributed by atoms with Crippen molar-refractivity contribution in [2.24, 2.45) is 11.7 Å². The molecule has 3 N–H and O–H groups in total. The van der Waals surface area contributed by atoms with Crippen molar-refractivity contribution in [2.75, 3.05) is 59.7 Å². The number of carbonyl (C=O) groups excluding carboxylic acids is 3. The topological polar surface area (TPSA) is 146 Å². The van der Waals surface area contributed by atoms with Crippen molar-refractivity contribution >= 4 is 23.8 Å². The monoisotopic (exact) mass is 559 g/mol. The maximum absolute atomic E-state index is 13.5. The fourth-order valence-electron chi connectivity index (χ4n) is 5.89. The lowest BCUT2D eigenvalue weighted by atomic mass is 9.84. The highest BCUT2D eigenvalue weighted by Gasteiger charge is 2.48. The summed E-state index contributed by atoms with van der Waals surface area (Å²) in [6.07, 6.45) is 2.96. The van der Waals surface area contributed by atoms with E-state index in [1.165, 1.54) is 9.80 Å². The third-order valence-corrected chi connectivity index (χ3v) is 8.13. The van der Waals surface area contributed by atoms with E-state index in [0.29, 0.717) is 50.6 Å². The quantitative estimate of drug-likeness (QED) is 0.367. The molecule has 1 aromatic carbocycles. The highest BCUT2D eigenvalue weighted by Crippen LogP contribution is 2.42. The fraction of sp³-hybridized carbons (Fsp3) is 0.643. The average Bonchev–Trinajstić information content (AvgIpc) is 3.55. The smallest absolute Gasteiger partial charge is 0.326 e. The van der Waals surface area contributed by atoms with Crippen LogP contribution in [-0.2, 0) is 14.4 Å². The molecule has 3 atom stereocenters. The minimum atomic E-state index is -0.984. The van der Waals surface area contributed by atoms with Crippen molar-refractivity contribution < 1.29 is 33.8 Å². The van der Waals surface area contributed by atoms with Gasteiger partial charge in [-0.2, -0.15) is 0 Å². The highest BCUT2D eigenvalue weighted by molar-refractivity contribution is 5.96. The predicted octanol–water partition coefficient (Wildman–Crippen LogP) is 1.54. The number of nitrogens with zero attached hydrogens (tertiary/aromatic N) is 4. The molecule has 0 saturated carbocycles. The molecular weight excluding hydrogens is 518 g/mol. The summed E-state index contributed by atoms with van der Waals surface area (Å²) < 4.78 is 11.0. The van der Waals surface area contributed by atoms with E-state index in [9.17, 15) is 24.3 Å². The van der Waals surface area contributed by atoms with Gasteiger partial charge in [0.05, 0.1) is 12.5 Å². The minimum Gasteiger partial charge on any atom is -0.481 e. The van der Waals surface area contributed by atoms with Crippen LogP contribution in [0.1, 0.15) is 50.5 Å². The zero-order chi connectivity index (χ0) is 28.8. The number of imide groups is 1. The molecule has 1 aromatic rings. The van der Waals surface area contributed by atoms with Gasteiger partial charge in [0.1, 0.15) is 0 Å². The van der Waals surface area contributed by atoms with Crippen LogP contribution in [0.3, 0.4) is 0 Å². The zero-order valence-corrected chi connectivity index (χ0v) is 23.4. The maximum Gasteiger partial charge on any atom is 0.326 e. The van der Waals surface area contributed by atoms with Crippen LogP contribution in [0.4, 0.5) is 4.79 Å². The van der Waals surface area contributed by atoms with Crippen LogP contribution in [0.5, 0.6) is 11.5 Å². The summed E-state index contributed by atoms with van der Waals surface area (Å²) in [5.41, 5.74) is 6.50. The minimum absolute atomic E-state index is 0.0472. The van der Waals surface area contributed by atoms with Crippen molar-refractivity contribution in [1.29, 1.82) is 0 Å². The number of carboxylic acid groups (broad SMARTS) is 1. The number of hydrogen-bond acceptors (Lipinski definition) is 8. The number of unbranched alkanes of at least 4 members (excludes halogenated alkanes) is 1. The van der Waals surface area contributed by atoms with Gasteiger partial charge >= 0.3 is 12.0 Å². The first-order valence-electron chi connectivity index (χ1n) is 14.1. The van der Waals surface area contributed by atoms with E-state index in [0.717, 1.165) is 18.4 Å². The molecule has 3 aliphatic heterocycles. The third-order valence-electron chi connectivity index (χ3n) is 8.13. The summed E-state index contributed by atoms with van der Waals surface area (Å²) in [6, 6.07) is 4.49. The van der Waals surface area contributed by atoms with Gasteiger partial charge < -0.3 is 30.1 Å². The van der Waals surface area contributed by atoms with Crippen LogP contribution in [0.25, 0.3) is 0 Å². The van der Waals surface area contributed by atoms with E-state index >= 15 is 0 Å². The van der Waals surface area contributed by atoms with E-state index in [2.05, 4.69) is 6.92 Å². The van der Waals surface area contributed by atoms with Crippen LogP contribution < -0.4 is 15.2 Å². The third kappa shape index (κ3) is 6.49. The zero-order valence-electron chi connectivity index (χ0n) is 23.4. The fourth-order valence-corrected chi connectivity index (χ4v) is 5.89. The van der Waals surface area contributed by atoms with Gasteiger partial charge in [-0.25, -0.2) is 4.79 Å². The van der Waals surface area contributed by atoms with Crippen LogP contribution in [-0.4, -0.2) is 114 Å². The van der Waals surface area contributed by atoms with Gasteiger partial charge in [-0.15, -0.1) is 0 Å². The van der Waals surface area contributed by atoms with Gasteiger partial charge in [0.25, 0.3) is 0 Å². The Morgan fingerprint density at radius 2 is 1.90 bits per heavy atom. The number of rotatable bonds is 13. The Morgan fingerprint density at radius 3 is 2.62 bits per heavy atom. The number of fused-ring (bicyclic) bond motifs is 1. The molecule has 0 radical (unpaired) electrons. The first-order chi connectivity index (χ1) is 19.2. The van der Waals surface area contributed by atoms with Crippen molar-refractivity contribution in [1.82, 2.24) is 19.6 Å². The molecular formula is C28H41N5O7. The molecule has 4 amide bonds. The van der Waals surface area contributed by atoms with Gasteiger partial charge in [-0.05, 0) is 43.5 Å². The van der Waals surface area contributed by atoms with E-state index in [-0.39, 0.29) is 50.6 Å². The lowest BCUT2D eigenvalue weighted by Crippen LogP contribution is -2.52. The molecule has 0 aromatic heterocycles. The standard InChI is InChI=1S/C28H41N5O7/c1-3-4-11-31(12-5-10-29)25(35)17-32-16-20(19-6-7-22-23(15-19)40-18-39-22)26(27(36)37)21(32)8-14-33-24(34)9-13-30(2)28(33)38/h6-7,15,20-21,26H,3-5,8-14,16-18,29H2,1-2H3,(H,36,37)/t20-,21+,26-/m1/s1. The van der Waals surface area contributed by atoms with Gasteiger partial charge in [-0.3, -0.25) is 24.2 Å². The number of carbonyl (C=O) groups is 4. The lowest BCUT2D eigenvalue weighted by Gasteiger charge is -2.34. The second kappa shape index (κ2) is 13.3. The van der Waals surface area contributed by atoms with Crippen molar-refractivity contribution in [3.05, 3.63) is 23.8 Å². The molecule has 0 bridgehead atoms. The van der Waals surface area contributed by atoms with E-state index < -0.39 is 23.8 Å². The Balaban J connectivity index is 1.60. The predicted molar refractivity (Wildman–Crippen MR) is 146 cm³/mol. The first kappa shape index (κ1) is 29.6. The summed E-state index contributed by atoms with van der Waals surface area (Å²) in [5, 5.41) is 10.4. The molecule has 2 saturated heterocycles. The molecule has 40 heavy (non-hydrogen) atoms. The highest BCUT2D eigenvalue weighted by atomic mass is 16.7. The lowest BCUT2D eigenvalue weighted by molar-refractivity contribution is -0.144. The Labute approximate surface area is 234 Å². The number of urea groups is 1. The number of carboxylic acids is 1. The molecule has 12 heteroatoms. The average molecular weight is 560 g/mol. The maximum atomic E-state index is 13.5. The van der Waals surface area contributed by atoms with E-state index in [4.69, 9.17) is 15.2 Å². The Morgan fingerprint density at radius 1 is 1.15 bits per heavy atom. The number of nitrogens with two attached hydrogens (primary N) is 1. The summed E-state index contributed by atoms with van der Waals surface area (Å²) in [5.74, 6) is -1.44. The number of likely N-dealkylation sites (tertiary alicyclic amines) is 1. The molecule has 0 aliphatic carbocycles. The first-order valence-corrected chi connectivity index (χ1v) is 14.1. The summed E-state index contributed by atoms with van der Waals surface area (Å²) >= 11 is 0. The van der Waals surface area contributed by atoms with Crippen molar-refractivity contribution in [3.63, 3.8) is 0 Å². The number of ether oxygens (including phenoxy) is 2. The molecule has 2 fully saturated rings. The van der Waals surface area contributed by atoms with Crippen molar-refractivity contribution in [3.8, 4) is 11.5 Å². The van der Waals surface area contributed by atoms with Crippen LogP contribution in [0, 0.1) is 5.92 Å². The molecule has 0 unspecified atom stereocenters. The van der Waals surface area contributed by atoms with Crippen LogP contribution in [0.15, 0.2) is 18.2 Å². The molecule has 12 nitrogen and oxygen atoms in total. The Bertz CT molecular complexity index is 1090. The normalized spacial score (nSPS) is 22.7. The van der Waals surface area contributed by atoms with Crippen molar-refractivity contribution in [2.45, 2.75) is 51.0 Å². The van der Waals surface area contributed by atoms with Gasteiger partial charge in [0.15, 0.2) is 11.5 Å². The molecule has 3 aliphatic rings.